The standard InChI is InChI=1S/C15H23N3O2/c19-15(6-12-20-14-4-9-17-10-5-14)18-11-3-13-1-7-16-8-2-13/h1-2,7-8,14,17H,3-6,9-12H2,(H,18,19). The molecule has 1 aliphatic rings. The fourth-order valence-electron chi connectivity index (χ4n) is 2.26. The van der Waals surface area contributed by atoms with Crippen molar-refractivity contribution >= 4 is 5.91 Å². The molecule has 0 aromatic carbocycles. The summed E-state index contributed by atoms with van der Waals surface area (Å²) < 4.78 is 5.71. The molecule has 1 saturated heterocycles. The lowest BCUT2D eigenvalue weighted by Crippen LogP contribution is -2.33. The number of nitrogens with zero attached hydrogens (tertiary/aromatic N) is 1. The molecule has 0 bridgehead atoms. The largest absolute Gasteiger partial charge is 0.378 e. The van der Waals surface area contributed by atoms with Crippen LogP contribution in [0.25, 0.3) is 0 Å². The summed E-state index contributed by atoms with van der Waals surface area (Å²) in [7, 11) is 0. The average molecular weight is 277 g/mol. The highest BCUT2D eigenvalue weighted by Gasteiger charge is 2.13. The SMILES string of the molecule is O=C(CCOC1CCNCC1)NCCc1ccncc1. The molecule has 0 atom stereocenters. The van der Waals surface area contributed by atoms with Crippen molar-refractivity contribution in [1.29, 1.82) is 0 Å². The van der Waals surface area contributed by atoms with Crippen molar-refractivity contribution in [3.63, 3.8) is 0 Å². The molecule has 0 unspecified atom stereocenters. The molecule has 0 aliphatic carbocycles. The van der Waals surface area contributed by atoms with E-state index in [2.05, 4.69) is 15.6 Å². The maximum absolute atomic E-state index is 11.7. The number of pyridine rings is 1. The summed E-state index contributed by atoms with van der Waals surface area (Å²) >= 11 is 0. The Balaban J connectivity index is 1.52. The van der Waals surface area contributed by atoms with Gasteiger partial charge in [-0.3, -0.25) is 9.78 Å². The summed E-state index contributed by atoms with van der Waals surface area (Å²) in [5, 5.41) is 6.21. The van der Waals surface area contributed by atoms with Crippen molar-refractivity contribution in [3.05, 3.63) is 30.1 Å². The first-order valence-electron chi connectivity index (χ1n) is 7.32. The minimum absolute atomic E-state index is 0.0630. The number of hydrogen-bond acceptors (Lipinski definition) is 4. The van der Waals surface area contributed by atoms with Crippen LogP contribution in [-0.4, -0.2) is 43.2 Å². The van der Waals surface area contributed by atoms with Crippen LogP contribution in [0.4, 0.5) is 0 Å². The van der Waals surface area contributed by atoms with Gasteiger partial charge in [0.1, 0.15) is 0 Å². The van der Waals surface area contributed by atoms with Crippen LogP contribution in [0.5, 0.6) is 0 Å². The predicted octanol–water partition coefficient (Wildman–Crippen LogP) is 0.899. The molecule has 2 heterocycles. The van der Waals surface area contributed by atoms with Crippen molar-refractivity contribution in [2.75, 3.05) is 26.2 Å². The first-order chi connectivity index (χ1) is 9.84. The van der Waals surface area contributed by atoms with Gasteiger partial charge in [0.25, 0.3) is 0 Å². The first kappa shape index (κ1) is 14.9. The van der Waals surface area contributed by atoms with E-state index in [0.29, 0.717) is 25.7 Å². The Bertz CT molecular complexity index is 391. The van der Waals surface area contributed by atoms with Crippen molar-refractivity contribution < 1.29 is 9.53 Å². The molecule has 1 aromatic heterocycles. The van der Waals surface area contributed by atoms with Crippen molar-refractivity contribution in [2.45, 2.75) is 31.8 Å². The molecule has 5 nitrogen and oxygen atoms in total. The van der Waals surface area contributed by atoms with Crippen LogP contribution in [0.3, 0.4) is 0 Å². The second-order valence-corrected chi connectivity index (χ2v) is 5.03. The Morgan fingerprint density at radius 3 is 2.85 bits per heavy atom. The molecule has 110 valence electrons. The van der Waals surface area contributed by atoms with Gasteiger partial charge in [-0.1, -0.05) is 0 Å². The van der Waals surface area contributed by atoms with E-state index in [4.69, 9.17) is 4.74 Å². The van der Waals surface area contributed by atoms with E-state index in [0.717, 1.165) is 32.4 Å². The minimum Gasteiger partial charge on any atom is -0.378 e. The van der Waals surface area contributed by atoms with Crippen LogP contribution in [0.2, 0.25) is 0 Å². The summed E-state index contributed by atoms with van der Waals surface area (Å²) in [6.45, 7) is 3.22. The zero-order valence-corrected chi connectivity index (χ0v) is 11.8. The van der Waals surface area contributed by atoms with E-state index in [1.165, 1.54) is 5.56 Å². The summed E-state index contributed by atoms with van der Waals surface area (Å²) in [4.78, 5) is 15.6. The smallest absolute Gasteiger partial charge is 0.222 e. The average Bonchev–Trinajstić information content (AvgIpc) is 2.49. The molecule has 2 rings (SSSR count). The number of ether oxygens (including phenoxy) is 1. The fourth-order valence-corrected chi connectivity index (χ4v) is 2.26. The Hall–Kier alpha value is -1.46. The Morgan fingerprint density at radius 2 is 2.10 bits per heavy atom. The molecule has 0 saturated carbocycles. The quantitative estimate of drug-likeness (QED) is 0.777. The van der Waals surface area contributed by atoms with Crippen molar-refractivity contribution in [2.24, 2.45) is 0 Å². The highest BCUT2D eigenvalue weighted by Crippen LogP contribution is 2.07. The van der Waals surface area contributed by atoms with Gasteiger partial charge < -0.3 is 15.4 Å². The van der Waals surface area contributed by atoms with E-state index in [1.54, 1.807) is 12.4 Å². The van der Waals surface area contributed by atoms with Gasteiger partial charge in [0, 0.05) is 25.4 Å². The number of carbonyl (C=O) groups is 1. The van der Waals surface area contributed by atoms with Crippen molar-refractivity contribution in [3.8, 4) is 0 Å². The third kappa shape index (κ3) is 5.67. The second kappa shape index (κ2) is 8.66. The summed E-state index contributed by atoms with van der Waals surface area (Å²) in [6, 6.07) is 3.93. The third-order valence-corrected chi connectivity index (χ3v) is 3.45. The molecular formula is C15H23N3O2. The number of nitrogens with one attached hydrogen (secondary N) is 2. The predicted molar refractivity (Wildman–Crippen MR) is 77.4 cm³/mol. The van der Waals surface area contributed by atoms with Gasteiger partial charge in [-0.15, -0.1) is 0 Å². The van der Waals surface area contributed by atoms with Crippen LogP contribution in [0.15, 0.2) is 24.5 Å². The van der Waals surface area contributed by atoms with E-state index in [1.807, 2.05) is 12.1 Å². The van der Waals surface area contributed by atoms with E-state index >= 15 is 0 Å². The van der Waals surface area contributed by atoms with Gasteiger partial charge >= 0.3 is 0 Å². The molecule has 1 aromatic rings. The van der Waals surface area contributed by atoms with Gasteiger partial charge in [0.2, 0.25) is 5.91 Å². The molecule has 20 heavy (non-hydrogen) atoms. The Morgan fingerprint density at radius 1 is 1.35 bits per heavy atom. The molecule has 0 spiro atoms. The summed E-state index contributed by atoms with van der Waals surface area (Å²) in [6.07, 6.45) is 7.23. The van der Waals surface area contributed by atoms with E-state index in [9.17, 15) is 4.79 Å². The Labute approximate surface area is 120 Å². The van der Waals surface area contributed by atoms with Gasteiger partial charge in [0.05, 0.1) is 12.7 Å². The number of carbonyl (C=O) groups excluding carboxylic acids is 1. The molecule has 1 aliphatic heterocycles. The number of hydrogen-bond donors (Lipinski definition) is 2. The zero-order valence-electron chi connectivity index (χ0n) is 11.8. The van der Waals surface area contributed by atoms with Crippen LogP contribution in [0, 0.1) is 0 Å². The van der Waals surface area contributed by atoms with Crippen LogP contribution >= 0.6 is 0 Å². The lowest BCUT2D eigenvalue weighted by molar-refractivity contribution is -0.122. The molecule has 5 heteroatoms. The maximum atomic E-state index is 11.7. The number of aromatic nitrogens is 1. The van der Waals surface area contributed by atoms with Crippen molar-refractivity contribution in [1.82, 2.24) is 15.6 Å². The van der Waals surface area contributed by atoms with Gasteiger partial charge in [0.15, 0.2) is 0 Å². The topological polar surface area (TPSA) is 63.2 Å². The number of piperidine rings is 1. The number of rotatable bonds is 7. The molecule has 2 N–H and O–H groups in total. The zero-order chi connectivity index (χ0) is 14.0. The van der Waals surface area contributed by atoms with Crippen LogP contribution in [-0.2, 0) is 16.0 Å². The van der Waals surface area contributed by atoms with Gasteiger partial charge in [-0.25, -0.2) is 0 Å². The summed E-state index contributed by atoms with van der Waals surface area (Å²) in [5.41, 5.74) is 1.19. The maximum Gasteiger partial charge on any atom is 0.222 e. The monoisotopic (exact) mass is 277 g/mol. The third-order valence-electron chi connectivity index (χ3n) is 3.45. The lowest BCUT2D eigenvalue weighted by Gasteiger charge is -2.22. The molecule has 1 fully saturated rings. The number of amides is 1. The van der Waals surface area contributed by atoms with Crippen LogP contribution in [0.1, 0.15) is 24.8 Å². The van der Waals surface area contributed by atoms with Crippen LogP contribution < -0.4 is 10.6 Å². The van der Waals surface area contributed by atoms with Gasteiger partial charge in [-0.2, -0.15) is 0 Å². The normalized spacial score (nSPS) is 16.0. The minimum atomic E-state index is 0.0630. The molecule has 0 radical (unpaired) electrons. The highest BCUT2D eigenvalue weighted by molar-refractivity contribution is 5.75. The fraction of sp³-hybridized carbons (Fsp3) is 0.600. The second-order valence-electron chi connectivity index (χ2n) is 5.03. The molecular weight excluding hydrogens is 254 g/mol. The Kier molecular flexibility index (Phi) is 6.47. The first-order valence-corrected chi connectivity index (χ1v) is 7.32. The van der Waals surface area contributed by atoms with E-state index in [-0.39, 0.29) is 5.91 Å². The van der Waals surface area contributed by atoms with Gasteiger partial charge in [-0.05, 0) is 50.0 Å². The molecule has 1 amide bonds. The highest BCUT2D eigenvalue weighted by atomic mass is 16.5. The lowest BCUT2D eigenvalue weighted by atomic mass is 10.1. The van der Waals surface area contributed by atoms with E-state index < -0.39 is 0 Å². The summed E-state index contributed by atoms with van der Waals surface area (Å²) in [5.74, 6) is 0.0630.